The second-order valence-electron chi connectivity index (χ2n) is 5.99. The van der Waals surface area contributed by atoms with Crippen molar-refractivity contribution in [3.8, 4) is 0 Å². The molecule has 0 aromatic rings. The average molecular weight is 301 g/mol. The molecule has 0 radical (unpaired) electrons. The molecule has 116 valence electrons. The number of rotatable bonds is 4. The van der Waals surface area contributed by atoms with Crippen LogP contribution in [0.25, 0.3) is 0 Å². The fraction of sp³-hybridized carbons (Fsp3) is 0.857. The van der Waals surface area contributed by atoms with Crippen LogP contribution in [0.15, 0.2) is 4.99 Å². The molecule has 1 N–H and O–H groups in total. The third kappa shape index (κ3) is 6.50. The van der Waals surface area contributed by atoms with Crippen molar-refractivity contribution < 1.29 is 9.53 Å². The highest BCUT2D eigenvalue weighted by molar-refractivity contribution is 7.99. The Hall–Kier alpha value is -0.910. The summed E-state index contributed by atoms with van der Waals surface area (Å²) in [4.78, 5) is 18.1. The van der Waals surface area contributed by atoms with E-state index in [0.29, 0.717) is 24.9 Å². The summed E-state index contributed by atoms with van der Waals surface area (Å²) in [6, 6.07) is 0. The van der Waals surface area contributed by atoms with Crippen LogP contribution in [0, 0.1) is 0 Å². The Morgan fingerprint density at radius 1 is 1.55 bits per heavy atom. The summed E-state index contributed by atoms with van der Waals surface area (Å²) >= 11 is 1.86. The van der Waals surface area contributed by atoms with Gasteiger partial charge in [-0.25, -0.2) is 4.79 Å². The summed E-state index contributed by atoms with van der Waals surface area (Å²) < 4.78 is 5.39. The highest BCUT2D eigenvalue weighted by Crippen LogP contribution is 2.11. The molecule has 1 aliphatic rings. The van der Waals surface area contributed by atoms with Gasteiger partial charge in [-0.1, -0.05) is 6.92 Å². The molecule has 0 saturated heterocycles. The average Bonchev–Trinajstić information content (AvgIpc) is 2.37. The molecule has 0 fully saturated rings. The molecule has 5 nitrogen and oxygen atoms in total. The van der Waals surface area contributed by atoms with Gasteiger partial charge in [0.25, 0.3) is 0 Å². The predicted molar refractivity (Wildman–Crippen MR) is 85.7 cm³/mol. The Kier molecular flexibility index (Phi) is 6.65. The lowest BCUT2D eigenvalue weighted by atomic mass is 10.2. The van der Waals surface area contributed by atoms with Gasteiger partial charge in [-0.15, -0.1) is 0 Å². The van der Waals surface area contributed by atoms with Crippen LogP contribution in [-0.4, -0.2) is 60.1 Å². The van der Waals surface area contributed by atoms with Crippen molar-refractivity contribution in [1.82, 2.24) is 10.2 Å². The molecule has 0 bridgehead atoms. The fourth-order valence-corrected chi connectivity index (χ4v) is 2.10. The minimum Gasteiger partial charge on any atom is -0.444 e. The molecule has 1 aliphatic heterocycles. The van der Waals surface area contributed by atoms with Crippen molar-refractivity contribution in [1.29, 1.82) is 0 Å². The largest absolute Gasteiger partial charge is 0.444 e. The van der Waals surface area contributed by atoms with E-state index in [1.165, 1.54) is 0 Å². The van der Waals surface area contributed by atoms with Gasteiger partial charge in [0.2, 0.25) is 0 Å². The molecule has 6 heteroatoms. The second-order valence-corrected chi connectivity index (χ2v) is 7.27. The van der Waals surface area contributed by atoms with Crippen molar-refractivity contribution in [3.63, 3.8) is 0 Å². The van der Waals surface area contributed by atoms with E-state index < -0.39 is 5.60 Å². The smallest absolute Gasteiger partial charge is 0.410 e. The standard InChI is InChI=1S/C14H27N3O2S/c1-11(20-5)6-7-15-12-10-17(9-8-16-12)13(18)19-14(2,3)4/h11H,6-10H2,1-5H3,(H,15,16). The molecule has 0 aliphatic carbocycles. The van der Waals surface area contributed by atoms with E-state index in [1.807, 2.05) is 32.5 Å². The lowest BCUT2D eigenvalue weighted by Crippen LogP contribution is -2.47. The molecule has 20 heavy (non-hydrogen) atoms. The first-order valence-corrected chi connectivity index (χ1v) is 8.38. The van der Waals surface area contributed by atoms with Crippen LogP contribution in [0.3, 0.4) is 0 Å². The molecule has 1 atom stereocenters. The quantitative estimate of drug-likeness (QED) is 0.866. The molecule has 0 saturated carbocycles. The van der Waals surface area contributed by atoms with Crippen LogP contribution in [0.5, 0.6) is 0 Å². The lowest BCUT2D eigenvalue weighted by Gasteiger charge is -2.30. The van der Waals surface area contributed by atoms with Crippen molar-refractivity contribution in [2.75, 3.05) is 32.4 Å². The van der Waals surface area contributed by atoms with E-state index >= 15 is 0 Å². The van der Waals surface area contributed by atoms with E-state index in [0.717, 1.165) is 18.8 Å². The summed E-state index contributed by atoms with van der Waals surface area (Å²) in [6.07, 6.45) is 2.95. The maximum atomic E-state index is 12.0. The van der Waals surface area contributed by atoms with Gasteiger partial charge in [-0.3, -0.25) is 9.89 Å². The maximum Gasteiger partial charge on any atom is 0.410 e. The van der Waals surface area contributed by atoms with Crippen molar-refractivity contribution >= 4 is 23.7 Å². The van der Waals surface area contributed by atoms with Crippen LogP contribution in [0.2, 0.25) is 0 Å². The van der Waals surface area contributed by atoms with Crippen LogP contribution in [0.1, 0.15) is 34.1 Å². The highest BCUT2D eigenvalue weighted by atomic mass is 32.2. The minimum absolute atomic E-state index is 0.260. The van der Waals surface area contributed by atoms with E-state index in [9.17, 15) is 4.79 Å². The van der Waals surface area contributed by atoms with Crippen LogP contribution >= 0.6 is 11.8 Å². The Bertz CT molecular complexity index is 353. The molecule has 0 aromatic carbocycles. The fourth-order valence-electron chi connectivity index (χ4n) is 1.75. The van der Waals surface area contributed by atoms with Crippen molar-refractivity contribution in [2.45, 2.75) is 45.0 Å². The van der Waals surface area contributed by atoms with Crippen molar-refractivity contribution in [3.05, 3.63) is 0 Å². The Morgan fingerprint density at radius 2 is 2.25 bits per heavy atom. The SMILES string of the molecule is CSC(C)CCNC1=NCCN(C(=O)OC(C)(C)C)C1. The van der Waals surface area contributed by atoms with Crippen LogP contribution in [0.4, 0.5) is 4.79 Å². The third-order valence-corrected chi connectivity index (χ3v) is 3.99. The number of aliphatic imine (C=N–C) groups is 1. The van der Waals surface area contributed by atoms with Gasteiger partial charge in [0.05, 0.1) is 13.1 Å². The monoisotopic (exact) mass is 301 g/mol. The molecule has 1 amide bonds. The molecule has 1 rings (SSSR count). The van der Waals surface area contributed by atoms with Gasteiger partial charge in [-0.2, -0.15) is 11.8 Å². The summed E-state index contributed by atoms with van der Waals surface area (Å²) in [5.74, 6) is 0.885. The van der Waals surface area contributed by atoms with Gasteiger partial charge < -0.3 is 10.1 Å². The third-order valence-electron chi connectivity index (χ3n) is 2.95. The summed E-state index contributed by atoms with van der Waals surface area (Å²) in [7, 11) is 0. The number of nitrogens with one attached hydrogen (secondary N) is 1. The topological polar surface area (TPSA) is 53.9 Å². The van der Waals surface area contributed by atoms with Gasteiger partial charge in [0.15, 0.2) is 0 Å². The number of amides is 1. The zero-order valence-corrected chi connectivity index (χ0v) is 14.0. The molecule has 1 unspecified atom stereocenters. The highest BCUT2D eigenvalue weighted by Gasteiger charge is 2.24. The zero-order valence-electron chi connectivity index (χ0n) is 13.2. The Balaban J connectivity index is 2.38. The number of nitrogens with zero attached hydrogens (tertiary/aromatic N) is 2. The van der Waals surface area contributed by atoms with Gasteiger partial charge in [0, 0.05) is 18.3 Å². The Morgan fingerprint density at radius 3 is 2.85 bits per heavy atom. The van der Waals surface area contributed by atoms with Gasteiger partial charge >= 0.3 is 6.09 Å². The van der Waals surface area contributed by atoms with Gasteiger partial charge in [-0.05, 0) is 33.4 Å². The molecular weight excluding hydrogens is 274 g/mol. The van der Waals surface area contributed by atoms with Crippen molar-refractivity contribution in [2.24, 2.45) is 4.99 Å². The molecular formula is C14H27N3O2S. The first-order chi connectivity index (χ1) is 9.31. The zero-order chi connectivity index (χ0) is 15.2. The number of ether oxygens (including phenoxy) is 1. The summed E-state index contributed by atoms with van der Waals surface area (Å²) in [6.45, 7) is 10.5. The number of hydrogen-bond acceptors (Lipinski definition) is 5. The van der Waals surface area contributed by atoms with Crippen LogP contribution in [-0.2, 0) is 4.74 Å². The number of hydrogen-bond donors (Lipinski definition) is 1. The minimum atomic E-state index is -0.451. The molecule has 0 aromatic heterocycles. The lowest BCUT2D eigenvalue weighted by molar-refractivity contribution is 0.0276. The number of amidine groups is 1. The number of carbonyl (C=O) groups is 1. The normalized spacial score (nSPS) is 17.4. The Labute approximate surface area is 126 Å². The molecule has 0 spiro atoms. The first-order valence-electron chi connectivity index (χ1n) is 7.09. The van der Waals surface area contributed by atoms with E-state index in [-0.39, 0.29) is 6.09 Å². The summed E-state index contributed by atoms with van der Waals surface area (Å²) in [5.41, 5.74) is -0.451. The second kappa shape index (κ2) is 7.76. The van der Waals surface area contributed by atoms with E-state index in [2.05, 4.69) is 23.5 Å². The predicted octanol–water partition coefficient (Wildman–Crippen LogP) is 2.37. The number of thioether (sulfide) groups is 1. The first kappa shape index (κ1) is 17.1. The molecule has 1 heterocycles. The van der Waals surface area contributed by atoms with Gasteiger partial charge in [0.1, 0.15) is 11.4 Å². The van der Waals surface area contributed by atoms with E-state index in [1.54, 1.807) is 4.90 Å². The van der Waals surface area contributed by atoms with Crippen LogP contribution < -0.4 is 5.32 Å². The number of carbonyl (C=O) groups excluding carboxylic acids is 1. The maximum absolute atomic E-state index is 12.0. The summed E-state index contributed by atoms with van der Waals surface area (Å²) in [5, 5.41) is 3.95. The van der Waals surface area contributed by atoms with E-state index in [4.69, 9.17) is 4.74 Å².